The quantitative estimate of drug-likeness (QED) is 0.419. The summed E-state index contributed by atoms with van der Waals surface area (Å²) in [6.07, 6.45) is 5.28. The maximum atomic E-state index is 13.2. The molecule has 2 N–H and O–H groups in total. The smallest absolute Gasteiger partial charge is 0.251 e. The number of rotatable bonds is 4. The van der Waals surface area contributed by atoms with Gasteiger partial charge in [0.25, 0.3) is 5.56 Å². The van der Waals surface area contributed by atoms with E-state index in [1.165, 1.54) is 0 Å². The number of halogens is 1. The minimum atomic E-state index is -1.11. The molecule has 1 unspecified atom stereocenters. The number of fused-ring (bicyclic) bond motifs is 1. The molecule has 0 aliphatic rings. The maximum absolute atomic E-state index is 13.2. The van der Waals surface area contributed by atoms with Crippen LogP contribution >= 0.6 is 11.6 Å². The highest BCUT2D eigenvalue weighted by molar-refractivity contribution is 6.30. The van der Waals surface area contributed by atoms with Gasteiger partial charge in [0.05, 0.1) is 23.7 Å². The van der Waals surface area contributed by atoms with E-state index in [0.29, 0.717) is 5.02 Å². The van der Waals surface area contributed by atoms with Gasteiger partial charge in [-0.05, 0) is 36.2 Å². The molecule has 0 aliphatic carbocycles. The molecule has 1 atom stereocenters. The number of nitrogens with zero attached hydrogens (tertiary/aromatic N) is 4. The molecule has 170 valence electrons. The summed E-state index contributed by atoms with van der Waals surface area (Å²) in [6.45, 7) is 1.94. The minimum absolute atomic E-state index is 0.135. The van der Waals surface area contributed by atoms with Crippen molar-refractivity contribution in [2.45, 2.75) is 12.5 Å². The summed E-state index contributed by atoms with van der Waals surface area (Å²) in [5.41, 5.74) is 11.7. The van der Waals surface area contributed by atoms with Crippen molar-refractivity contribution < 1.29 is 0 Å². The maximum Gasteiger partial charge on any atom is 0.251 e. The van der Waals surface area contributed by atoms with E-state index in [-0.39, 0.29) is 5.56 Å². The second-order valence-corrected chi connectivity index (χ2v) is 8.99. The molecule has 34 heavy (non-hydrogen) atoms. The molecule has 2 aromatic carbocycles. The summed E-state index contributed by atoms with van der Waals surface area (Å²) in [7, 11) is 3.68. The fourth-order valence-corrected chi connectivity index (χ4v) is 4.81. The molecule has 5 rings (SSSR count). The number of hydrogen-bond donors (Lipinski definition) is 1. The predicted molar refractivity (Wildman–Crippen MR) is 136 cm³/mol. The Hall–Kier alpha value is -3.74. The lowest BCUT2D eigenvalue weighted by molar-refractivity contribution is 0.594. The lowest BCUT2D eigenvalue weighted by Gasteiger charge is -2.32. The van der Waals surface area contributed by atoms with E-state index in [9.17, 15) is 4.79 Å². The summed E-state index contributed by atoms with van der Waals surface area (Å²) in [6, 6.07) is 19.0. The predicted octanol–water partition coefficient (Wildman–Crippen LogP) is 4.55. The highest BCUT2D eigenvalue weighted by Crippen LogP contribution is 2.39. The third kappa shape index (κ3) is 3.43. The van der Waals surface area contributed by atoms with Crippen molar-refractivity contribution in [1.29, 1.82) is 0 Å². The van der Waals surface area contributed by atoms with Crippen molar-refractivity contribution >= 4 is 22.5 Å². The monoisotopic (exact) mass is 469 g/mol. The van der Waals surface area contributed by atoms with Gasteiger partial charge < -0.3 is 14.9 Å². The van der Waals surface area contributed by atoms with Crippen LogP contribution in [-0.2, 0) is 19.6 Å². The van der Waals surface area contributed by atoms with Gasteiger partial charge in [0, 0.05) is 53.6 Å². The number of hydrogen-bond acceptors (Lipinski definition) is 4. The van der Waals surface area contributed by atoms with Gasteiger partial charge >= 0.3 is 0 Å². The van der Waals surface area contributed by atoms with E-state index in [1.54, 1.807) is 36.4 Å². The molecular formula is C27H24ClN5O. The van der Waals surface area contributed by atoms with E-state index >= 15 is 0 Å². The summed E-state index contributed by atoms with van der Waals surface area (Å²) < 4.78 is 3.55. The number of benzene rings is 2. The lowest BCUT2D eigenvalue weighted by Crippen LogP contribution is -2.42. The molecule has 0 radical (unpaired) electrons. The van der Waals surface area contributed by atoms with E-state index < -0.39 is 5.54 Å². The molecule has 0 saturated heterocycles. The molecule has 7 heteroatoms. The number of pyridine rings is 2. The van der Waals surface area contributed by atoms with Crippen LogP contribution in [0.25, 0.3) is 22.0 Å². The van der Waals surface area contributed by atoms with Crippen LogP contribution in [0.4, 0.5) is 0 Å². The molecule has 0 amide bonds. The summed E-state index contributed by atoms with van der Waals surface area (Å²) >= 11 is 6.28. The van der Waals surface area contributed by atoms with Gasteiger partial charge in [-0.15, -0.1) is 0 Å². The Morgan fingerprint density at radius 2 is 1.79 bits per heavy atom. The molecule has 3 heterocycles. The molecule has 0 saturated carbocycles. The fraction of sp³-hybridized carbons (Fsp3) is 0.148. The van der Waals surface area contributed by atoms with Gasteiger partial charge in [0.2, 0.25) is 0 Å². The zero-order valence-electron chi connectivity index (χ0n) is 19.2. The Bertz CT molecular complexity index is 1590. The van der Waals surface area contributed by atoms with Crippen LogP contribution in [0.5, 0.6) is 0 Å². The molecule has 5 aromatic rings. The molecule has 6 nitrogen and oxygen atoms in total. The average Bonchev–Trinajstić information content (AvgIpc) is 3.27. The topological polar surface area (TPSA) is 78.7 Å². The van der Waals surface area contributed by atoms with E-state index in [2.05, 4.69) is 9.97 Å². The van der Waals surface area contributed by atoms with Crippen LogP contribution in [0.1, 0.15) is 22.5 Å². The molecule has 0 fully saturated rings. The molecule has 3 aromatic heterocycles. The Morgan fingerprint density at radius 3 is 2.47 bits per heavy atom. The zero-order valence-corrected chi connectivity index (χ0v) is 19.9. The zero-order chi connectivity index (χ0) is 24.0. The SMILES string of the molecule is Cc1ccc(C(N)(c2cccc3c(-c4cccc(Cl)c4)cc(=O)n(C)c23)c2cncn2C)cn1. The highest BCUT2D eigenvalue weighted by Gasteiger charge is 2.37. The van der Waals surface area contributed by atoms with Gasteiger partial charge in [-0.1, -0.05) is 48.0 Å². The Labute approximate surface area is 202 Å². The van der Waals surface area contributed by atoms with Gasteiger partial charge in [0.1, 0.15) is 5.54 Å². The molecule has 0 spiro atoms. The van der Waals surface area contributed by atoms with E-state index in [4.69, 9.17) is 17.3 Å². The lowest BCUT2D eigenvalue weighted by atomic mass is 9.80. The largest absolute Gasteiger partial charge is 0.336 e. The molecule has 0 aliphatic heterocycles. The molecule has 0 bridgehead atoms. The number of imidazole rings is 1. The van der Waals surface area contributed by atoms with Crippen LogP contribution in [0.3, 0.4) is 0 Å². The third-order valence-electron chi connectivity index (χ3n) is 6.41. The summed E-state index contributed by atoms with van der Waals surface area (Å²) in [4.78, 5) is 22.0. The highest BCUT2D eigenvalue weighted by atomic mass is 35.5. The van der Waals surface area contributed by atoms with Gasteiger partial charge in [-0.25, -0.2) is 4.98 Å². The Balaban J connectivity index is 1.91. The van der Waals surface area contributed by atoms with Crippen LogP contribution in [0.2, 0.25) is 5.02 Å². The summed E-state index contributed by atoms with van der Waals surface area (Å²) in [5.74, 6) is 0. The van der Waals surface area contributed by atoms with Crippen molar-refractivity contribution in [3.63, 3.8) is 0 Å². The van der Waals surface area contributed by atoms with Crippen molar-refractivity contribution in [1.82, 2.24) is 19.1 Å². The second-order valence-electron chi connectivity index (χ2n) is 8.55. The fourth-order valence-electron chi connectivity index (χ4n) is 4.62. The number of para-hydroxylation sites is 1. The number of nitrogens with two attached hydrogens (primary N) is 1. The minimum Gasteiger partial charge on any atom is -0.336 e. The van der Waals surface area contributed by atoms with Gasteiger partial charge in [-0.2, -0.15) is 0 Å². The standard InChI is InChI=1S/C27H24ClN5O/c1-17-10-11-19(14-31-17)27(29,24-15-30-16-32(24)2)23-9-5-8-21-22(13-25(34)33(3)26(21)23)18-6-4-7-20(28)12-18/h4-16H,29H2,1-3H3. The first-order valence-electron chi connectivity index (χ1n) is 10.9. The first kappa shape index (κ1) is 22.1. The van der Waals surface area contributed by atoms with Crippen LogP contribution in [-0.4, -0.2) is 19.1 Å². The van der Waals surface area contributed by atoms with Crippen LogP contribution in [0, 0.1) is 6.92 Å². The normalized spacial score (nSPS) is 13.2. The Morgan fingerprint density at radius 1 is 1.00 bits per heavy atom. The van der Waals surface area contributed by atoms with E-state index in [1.807, 2.05) is 73.1 Å². The van der Waals surface area contributed by atoms with Crippen molar-refractivity contribution in [3.8, 4) is 11.1 Å². The van der Waals surface area contributed by atoms with Crippen LogP contribution in [0.15, 0.2) is 84.2 Å². The van der Waals surface area contributed by atoms with Crippen molar-refractivity contribution in [3.05, 3.63) is 117 Å². The van der Waals surface area contributed by atoms with Gasteiger partial charge in [0.15, 0.2) is 0 Å². The molecular weight excluding hydrogens is 446 g/mol. The number of aryl methyl sites for hydroxylation is 3. The first-order valence-corrected chi connectivity index (χ1v) is 11.3. The van der Waals surface area contributed by atoms with Gasteiger partial charge in [-0.3, -0.25) is 9.78 Å². The summed E-state index contributed by atoms with van der Waals surface area (Å²) in [5, 5.41) is 1.51. The Kier molecular flexibility index (Phi) is 5.35. The average molecular weight is 470 g/mol. The van der Waals surface area contributed by atoms with Crippen molar-refractivity contribution in [2.75, 3.05) is 0 Å². The first-order chi connectivity index (χ1) is 16.3. The second kappa shape index (κ2) is 8.24. The van der Waals surface area contributed by atoms with Crippen LogP contribution < -0.4 is 11.3 Å². The number of aromatic nitrogens is 4. The third-order valence-corrected chi connectivity index (χ3v) is 6.64. The van der Waals surface area contributed by atoms with Crippen molar-refractivity contribution in [2.24, 2.45) is 19.8 Å². The van der Waals surface area contributed by atoms with E-state index in [0.717, 1.165) is 44.5 Å².